The van der Waals surface area contributed by atoms with Crippen molar-refractivity contribution in [2.75, 3.05) is 6.61 Å². The third-order valence-electron chi connectivity index (χ3n) is 2.25. The van der Waals surface area contributed by atoms with E-state index in [0.717, 1.165) is 18.4 Å². The molecule has 0 unspecified atom stereocenters. The Morgan fingerprint density at radius 2 is 2.00 bits per heavy atom. The molecule has 104 valence electrons. The van der Waals surface area contributed by atoms with Crippen molar-refractivity contribution < 1.29 is 9.53 Å². The maximum Gasteiger partial charge on any atom is 0.305 e. The number of esters is 1. The lowest BCUT2D eigenvalue weighted by molar-refractivity contribution is -0.143. The van der Waals surface area contributed by atoms with E-state index in [1.165, 1.54) is 0 Å². The molecule has 1 aromatic carbocycles. The van der Waals surface area contributed by atoms with Crippen LogP contribution in [0.4, 0.5) is 0 Å². The van der Waals surface area contributed by atoms with E-state index in [0.29, 0.717) is 19.6 Å². The quantitative estimate of drug-likeness (QED) is 0.486. The van der Waals surface area contributed by atoms with Gasteiger partial charge in [-0.1, -0.05) is 43.7 Å². The number of nitrogens with one attached hydrogen (secondary N) is 1. The smallest absolute Gasteiger partial charge is 0.305 e. The van der Waals surface area contributed by atoms with Crippen molar-refractivity contribution in [2.24, 2.45) is 0 Å². The lowest BCUT2D eigenvalue weighted by atomic mass is 10.2. The number of carbonyl (C=O) groups excluding carboxylic acids is 1. The standard InChI is InChI=1S/C8H8N2.C7H14O2/c9-7-10-6-8-4-2-1-3-5-8;1-3-5-6-7(8)9-4-2/h1-5,10H,6H2;3-6H2,1-2H3. The number of nitrogens with zero attached hydrogens (tertiary/aromatic N) is 1. The van der Waals surface area contributed by atoms with Crippen molar-refractivity contribution in [1.29, 1.82) is 5.26 Å². The van der Waals surface area contributed by atoms with Crippen LogP contribution in [0.25, 0.3) is 0 Å². The number of carbonyl (C=O) groups is 1. The molecule has 4 heteroatoms. The maximum absolute atomic E-state index is 10.6. The summed E-state index contributed by atoms with van der Waals surface area (Å²) < 4.78 is 4.70. The molecule has 19 heavy (non-hydrogen) atoms. The summed E-state index contributed by atoms with van der Waals surface area (Å²) in [7, 11) is 0. The van der Waals surface area contributed by atoms with Crippen LogP contribution in [0.3, 0.4) is 0 Å². The molecule has 0 bridgehead atoms. The van der Waals surface area contributed by atoms with Gasteiger partial charge in [-0.3, -0.25) is 4.79 Å². The number of hydrogen-bond acceptors (Lipinski definition) is 4. The van der Waals surface area contributed by atoms with Gasteiger partial charge in [0.1, 0.15) is 0 Å². The molecule has 4 nitrogen and oxygen atoms in total. The van der Waals surface area contributed by atoms with Gasteiger partial charge in [0.15, 0.2) is 6.19 Å². The minimum atomic E-state index is -0.0700. The fraction of sp³-hybridized carbons (Fsp3) is 0.467. The van der Waals surface area contributed by atoms with Crippen molar-refractivity contribution in [3.05, 3.63) is 35.9 Å². The summed E-state index contributed by atoms with van der Waals surface area (Å²) in [5.41, 5.74) is 1.13. The molecule has 0 aliphatic rings. The van der Waals surface area contributed by atoms with Crippen LogP contribution in [0.2, 0.25) is 0 Å². The first-order chi connectivity index (χ1) is 9.24. The lowest BCUT2D eigenvalue weighted by Gasteiger charge is -1.97. The second-order valence-electron chi connectivity index (χ2n) is 3.86. The maximum atomic E-state index is 10.6. The number of rotatable bonds is 6. The molecule has 0 fully saturated rings. The number of unbranched alkanes of at least 4 members (excludes halogenated alkanes) is 1. The summed E-state index contributed by atoms with van der Waals surface area (Å²) in [4.78, 5) is 10.6. The first-order valence-corrected chi connectivity index (χ1v) is 6.56. The van der Waals surface area contributed by atoms with Crippen LogP contribution in [0.5, 0.6) is 0 Å². The summed E-state index contributed by atoms with van der Waals surface area (Å²) in [6, 6.07) is 9.81. The molecule has 0 heterocycles. The summed E-state index contributed by atoms with van der Waals surface area (Å²) >= 11 is 0. The van der Waals surface area contributed by atoms with Gasteiger partial charge in [-0.25, -0.2) is 0 Å². The largest absolute Gasteiger partial charge is 0.466 e. The molecular weight excluding hydrogens is 240 g/mol. The Bertz CT molecular complexity index is 371. The zero-order valence-electron chi connectivity index (χ0n) is 11.7. The number of hydrogen-bond donors (Lipinski definition) is 1. The molecule has 0 spiro atoms. The van der Waals surface area contributed by atoms with Crippen LogP contribution in [-0.2, 0) is 16.1 Å². The molecule has 0 aliphatic heterocycles. The molecular formula is C15H22N2O2. The van der Waals surface area contributed by atoms with Gasteiger partial charge in [0.2, 0.25) is 0 Å². The molecule has 0 aliphatic carbocycles. The highest BCUT2D eigenvalue weighted by Crippen LogP contribution is 1.96. The molecule has 0 saturated carbocycles. The molecule has 1 rings (SSSR count). The lowest BCUT2D eigenvalue weighted by Crippen LogP contribution is -2.03. The predicted octanol–water partition coefficient (Wildman–Crippen LogP) is 3.00. The van der Waals surface area contributed by atoms with Gasteiger partial charge >= 0.3 is 5.97 Å². The summed E-state index contributed by atoms with van der Waals surface area (Å²) in [6.07, 6.45) is 4.44. The van der Waals surface area contributed by atoms with Gasteiger partial charge in [0.05, 0.1) is 6.61 Å². The first-order valence-electron chi connectivity index (χ1n) is 6.56. The first kappa shape index (κ1) is 17.0. The minimum Gasteiger partial charge on any atom is -0.466 e. The van der Waals surface area contributed by atoms with E-state index in [9.17, 15) is 4.79 Å². The number of benzene rings is 1. The highest BCUT2D eigenvalue weighted by molar-refractivity contribution is 5.69. The third-order valence-corrected chi connectivity index (χ3v) is 2.25. The van der Waals surface area contributed by atoms with E-state index in [1.807, 2.05) is 43.4 Å². The Morgan fingerprint density at radius 3 is 2.53 bits per heavy atom. The Balaban J connectivity index is 0.000000344. The molecule has 0 saturated heterocycles. The zero-order valence-corrected chi connectivity index (χ0v) is 11.7. The normalized spacial score (nSPS) is 8.68. The van der Waals surface area contributed by atoms with Gasteiger partial charge < -0.3 is 10.1 Å². The Hall–Kier alpha value is -2.02. The van der Waals surface area contributed by atoms with Crippen LogP contribution in [0.15, 0.2) is 30.3 Å². The number of ether oxygens (including phenoxy) is 1. The SMILES string of the molecule is CCCCC(=O)OCC.N#CNCc1ccccc1. The van der Waals surface area contributed by atoms with Crippen LogP contribution in [0.1, 0.15) is 38.7 Å². The second kappa shape index (κ2) is 12.4. The summed E-state index contributed by atoms with van der Waals surface area (Å²) in [5, 5.41) is 10.7. The summed E-state index contributed by atoms with van der Waals surface area (Å²) in [5.74, 6) is -0.0700. The Kier molecular flexibility index (Phi) is 11.1. The summed E-state index contributed by atoms with van der Waals surface area (Å²) in [6.45, 7) is 5.00. The van der Waals surface area contributed by atoms with Crippen molar-refractivity contribution in [1.82, 2.24) is 5.32 Å². The van der Waals surface area contributed by atoms with Gasteiger partial charge in [0.25, 0.3) is 0 Å². The van der Waals surface area contributed by atoms with E-state index in [2.05, 4.69) is 12.2 Å². The van der Waals surface area contributed by atoms with E-state index in [4.69, 9.17) is 10.00 Å². The molecule has 0 aromatic heterocycles. The average molecular weight is 262 g/mol. The predicted molar refractivity (Wildman–Crippen MR) is 75.1 cm³/mol. The average Bonchev–Trinajstić information content (AvgIpc) is 2.45. The van der Waals surface area contributed by atoms with E-state index >= 15 is 0 Å². The minimum absolute atomic E-state index is 0.0700. The Morgan fingerprint density at radius 1 is 1.32 bits per heavy atom. The molecule has 0 radical (unpaired) electrons. The van der Waals surface area contributed by atoms with E-state index in [-0.39, 0.29) is 5.97 Å². The van der Waals surface area contributed by atoms with Crippen LogP contribution < -0.4 is 5.32 Å². The van der Waals surface area contributed by atoms with Crippen LogP contribution in [0, 0.1) is 11.5 Å². The number of nitriles is 1. The molecule has 0 amide bonds. The second-order valence-corrected chi connectivity index (χ2v) is 3.86. The monoisotopic (exact) mass is 262 g/mol. The van der Waals surface area contributed by atoms with Gasteiger partial charge in [0, 0.05) is 13.0 Å². The topological polar surface area (TPSA) is 62.1 Å². The zero-order chi connectivity index (χ0) is 14.3. The Labute approximate surface area is 115 Å². The van der Waals surface area contributed by atoms with Crippen LogP contribution in [-0.4, -0.2) is 12.6 Å². The van der Waals surface area contributed by atoms with Crippen LogP contribution >= 0.6 is 0 Å². The van der Waals surface area contributed by atoms with Gasteiger partial charge in [-0.15, -0.1) is 0 Å². The van der Waals surface area contributed by atoms with Gasteiger partial charge in [-0.2, -0.15) is 5.26 Å². The third kappa shape index (κ3) is 10.8. The molecule has 1 aromatic rings. The molecule has 0 atom stereocenters. The molecule has 1 N–H and O–H groups in total. The fourth-order valence-electron chi connectivity index (χ4n) is 1.29. The van der Waals surface area contributed by atoms with Crippen molar-refractivity contribution in [3.8, 4) is 6.19 Å². The van der Waals surface area contributed by atoms with Crippen molar-refractivity contribution in [2.45, 2.75) is 39.7 Å². The highest BCUT2D eigenvalue weighted by atomic mass is 16.5. The van der Waals surface area contributed by atoms with E-state index in [1.54, 1.807) is 0 Å². The van der Waals surface area contributed by atoms with Crippen molar-refractivity contribution >= 4 is 5.97 Å². The van der Waals surface area contributed by atoms with Crippen molar-refractivity contribution in [3.63, 3.8) is 0 Å². The van der Waals surface area contributed by atoms with Gasteiger partial charge in [-0.05, 0) is 18.9 Å². The highest BCUT2D eigenvalue weighted by Gasteiger charge is 1.97. The fourth-order valence-corrected chi connectivity index (χ4v) is 1.29. The van der Waals surface area contributed by atoms with E-state index < -0.39 is 0 Å².